The largest absolute Gasteiger partial charge is 0.480 e. The van der Waals surface area contributed by atoms with Gasteiger partial charge < -0.3 is 5.11 Å². The average Bonchev–Trinajstić information content (AvgIpc) is 2.28. The molecule has 0 fully saturated rings. The second-order valence-electron chi connectivity index (χ2n) is 4.59. The summed E-state index contributed by atoms with van der Waals surface area (Å²) in [6, 6.07) is 3.69. The topological polar surface area (TPSA) is 83.5 Å². The number of hydrogen-bond donors (Lipinski definition) is 2. The highest BCUT2D eigenvalue weighted by atomic mass is 79.9. The second kappa shape index (κ2) is 6.02. The van der Waals surface area contributed by atoms with Crippen molar-refractivity contribution in [1.82, 2.24) is 4.72 Å². The van der Waals surface area contributed by atoms with Gasteiger partial charge in [-0.2, -0.15) is 4.72 Å². The lowest BCUT2D eigenvalue weighted by atomic mass is 10.1. The molecule has 0 saturated heterocycles. The van der Waals surface area contributed by atoms with Gasteiger partial charge >= 0.3 is 5.97 Å². The standard InChI is InChI=1S/C12H16BrNO4S/c1-7(2)11(12(15)16)14-19(17,18)10-6-9(13)5-4-8(10)3/h4-7,11,14H,1-3H3,(H,15,16). The number of aryl methyl sites for hydroxylation is 1. The number of sulfonamides is 1. The summed E-state index contributed by atoms with van der Waals surface area (Å²) in [6.07, 6.45) is 0. The van der Waals surface area contributed by atoms with E-state index in [0.717, 1.165) is 0 Å². The van der Waals surface area contributed by atoms with Gasteiger partial charge in [0.2, 0.25) is 10.0 Å². The molecule has 5 nitrogen and oxygen atoms in total. The summed E-state index contributed by atoms with van der Waals surface area (Å²) in [5.74, 6) is -1.54. The molecular formula is C12H16BrNO4S. The Morgan fingerprint density at radius 1 is 1.37 bits per heavy atom. The monoisotopic (exact) mass is 349 g/mol. The van der Waals surface area contributed by atoms with Gasteiger partial charge in [0.15, 0.2) is 0 Å². The van der Waals surface area contributed by atoms with Crippen LogP contribution in [0.2, 0.25) is 0 Å². The molecule has 0 saturated carbocycles. The van der Waals surface area contributed by atoms with Crippen molar-refractivity contribution in [2.45, 2.75) is 31.7 Å². The Balaban J connectivity index is 3.17. The SMILES string of the molecule is Cc1ccc(Br)cc1S(=O)(=O)NC(C(=O)O)C(C)C. The van der Waals surface area contributed by atoms with Gasteiger partial charge in [-0.05, 0) is 30.5 Å². The van der Waals surface area contributed by atoms with E-state index in [9.17, 15) is 13.2 Å². The van der Waals surface area contributed by atoms with Crippen LogP contribution in [0.15, 0.2) is 27.6 Å². The quantitative estimate of drug-likeness (QED) is 0.852. The Morgan fingerprint density at radius 2 is 1.95 bits per heavy atom. The number of rotatable bonds is 5. The fourth-order valence-corrected chi connectivity index (χ4v) is 3.69. The van der Waals surface area contributed by atoms with Crippen LogP contribution in [0.4, 0.5) is 0 Å². The van der Waals surface area contributed by atoms with E-state index in [0.29, 0.717) is 10.0 Å². The number of halogens is 1. The van der Waals surface area contributed by atoms with Crippen molar-refractivity contribution in [1.29, 1.82) is 0 Å². The molecule has 0 heterocycles. The van der Waals surface area contributed by atoms with E-state index in [-0.39, 0.29) is 10.8 Å². The van der Waals surface area contributed by atoms with Gasteiger partial charge in [-0.15, -0.1) is 0 Å². The van der Waals surface area contributed by atoms with Gasteiger partial charge in [-0.25, -0.2) is 8.42 Å². The second-order valence-corrected chi connectivity index (χ2v) is 7.19. The summed E-state index contributed by atoms with van der Waals surface area (Å²) >= 11 is 3.20. The molecule has 0 aliphatic rings. The summed E-state index contributed by atoms with van der Waals surface area (Å²) in [5.41, 5.74) is 0.559. The van der Waals surface area contributed by atoms with Crippen LogP contribution >= 0.6 is 15.9 Å². The molecule has 1 atom stereocenters. The summed E-state index contributed by atoms with van der Waals surface area (Å²) < 4.78 is 27.3. The maximum absolute atomic E-state index is 12.2. The lowest BCUT2D eigenvalue weighted by Crippen LogP contribution is -2.44. The van der Waals surface area contributed by atoms with E-state index < -0.39 is 22.0 Å². The Kier molecular flexibility index (Phi) is 5.11. The number of hydrogen-bond acceptors (Lipinski definition) is 3. The molecule has 0 radical (unpaired) electrons. The highest BCUT2D eigenvalue weighted by Gasteiger charge is 2.28. The van der Waals surface area contributed by atoms with Crippen molar-refractivity contribution in [2.24, 2.45) is 5.92 Å². The van der Waals surface area contributed by atoms with E-state index in [2.05, 4.69) is 20.7 Å². The zero-order chi connectivity index (χ0) is 14.8. The molecule has 0 amide bonds. The molecule has 0 aliphatic heterocycles. The molecular weight excluding hydrogens is 334 g/mol. The molecule has 1 rings (SSSR count). The third-order valence-electron chi connectivity index (χ3n) is 2.65. The van der Waals surface area contributed by atoms with Crippen LogP contribution in [0.5, 0.6) is 0 Å². The molecule has 2 N–H and O–H groups in total. The predicted molar refractivity (Wildman–Crippen MR) is 75.5 cm³/mol. The van der Waals surface area contributed by atoms with Crippen LogP contribution in [0, 0.1) is 12.8 Å². The van der Waals surface area contributed by atoms with Crippen molar-refractivity contribution >= 4 is 31.9 Å². The summed E-state index contributed by atoms with van der Waals surface area (Å²) in [5, 5.41) is 9.04. The normalized spacial score (nSPS) is 13.5. The fraction of sp³-hybridized carbons (Fsp3) is 0.417. The molecule has 19 heavy (non-hydrogen) atoms. The van der Waals surface area contributed by atoms with E-state index in [1.54, 1.807) is 32.9 Å². The van der Waals surface area contributed by atoms with Gasteiger partial charge in [0, 0.05) is 4.47 Å². The van der Waals surface area contributed by atoms with Crippen molar-refractivity contribution in [2.75, 3.05) is 0 Å². The third-order valence-corrected chi connectivity index (χ3v) is 4.73. The van der Waals surface area contributed by atoms with Crippen molar-refractivity contribution in [3.8, 4) is 0 Å². The average molecular weight is 350 g/mol. The molecule has 106 valence electrons. The highest BCUT2D eigenvalue weighted by molar-refractivity contribution is 9.10. The first-order valence-electron chi connectivity index (χ1n) is 5.66. The smallest absolute Gasteiger partial charge is 0.322 e. The fourth-order valence-electron chi connectivity index (χ4n) is 1.57. The first-order chi connectivity index (χ1) is 8.65. The van der Waals surface area contributed by atoms with Gasteiger partial charge in [-0.1, -0.05) is 35.8 Å². The van der Waals surface area contributed by atoms with Crippen molar-refractivity contribution in [3.63, 3.8) is 0 Å². The van der Waals surface area contributed by atoms with E-state index in [1.165, 1.54) is 6.07 Å². The zero-order valence-corrected chi connectivity index (χ0v) is 13.2. The van der Waals surface area contributed by atoms with Crippen LogP contribution in [0.25, 0.3) is 0 Å². The Hall–Kier alpha value is -0.920. The van der Waals surface area contributed by atoms with Crippen LogP contribution < -0.4 is 4.72 Å². The Bertz CT molecular complexity index is 583. The van der Waals surface area contributed by atoms with Crippen molar-refractivity contribution < 1.29 is 18.3 Å². The minimum Gasteiger partial charge on any atom is -0.480 e. The molecule has 7 heteroatoms. The summed E-state index contributed by atoms with van der Waals surface area (Å²) in [7, 11) is -3.86. The minimum atomic E-state index is -3.86. The van der Waals surface area contributed by atoms with Gasteiger partial charge in [0.05, 0.1) is 4.90 Å². The van der Waals surface area contributed by atoms with Gasteiger partial charge in [0.25, 0.3) is 0 Å². The summed E-state index contributed by atoms with van der Waals surface area (Å²) in [4.78, 5) is 11.1. The van der Waals surface area contributed by atoms with Crippen LogP contribution in [-0.2, 0) is 14.8 Å². The molecule has 0 bridgehead atoms. The first kappa shape index (κ1) is 16.1. The van der Waals surface area contributed by atoms with E-state index in [4.69, 9.17) is 5.11 Å². The predicted octanol–water partition coefficient (Wildman–Crippen LogP) is 2.15. The summed E-state index contributed by atoms with van der Waals surface area (Å²) in [6.45, 7) is 4.95. The molecule has 0 aliphatic carbocycles. The molecule has 1 unspecified atom stereocenters. The maximum atomic E-state index is 12.2. The number of benzene rings is 1. The van der Waals surface area contributed by atoms with Crippen molar-refractivity contribution in [3.05, 3.63) is 28.2 Å². The van der Waals surface area contributed by atoms with Crippen LogP contribution in [0.1, 0.15) is 19.4 Å². The number of carboxylic acid groups (broad SMARTS) is 1. The lowest BCUT2D eigenvalue weighted by Gasteiger charge is -2.18. The Labute approximate surface area is 121 Å². The third kappa shape index (κ3) is 4.02. The maximum Gasteiger partial charge on any atom is 0.322 e. The number of aliphatic carboxylic acids is 1. The zero-order valence-electron chi connectivity index (χ0n) is 10.8. The number of carbonyl (C=O) groups is 1. The molecule has 0 spiro atoms. The van der Waals surface area contributed by atoms with Gasteiger partial charge in [0.1, 0.15) is 6.04 Å². The van der Waals surface area contributed by atoms with Gasteiger partial charge in [-0.3, -0.25) is 4.79 Å². The first-order valence-corrected chi connectivity index (χ1v) is 7.94. The minimum absolute atomic E-state index is 0.0776. The van der Waals surface area contributed by atoms with E-state index >= 15 is 0 Å². The van der Waals surface area contributed by atoms with E-state index in [1.807, 2.05) is 0 Å². The Morgan fingerprint density at radius 3 is 2.42 bits per heavy atom. The van der Waals surface area contributed by atoms with Crippen LogP contribution in [0.3, 0.4) is 0 Å². The molecule has 0 aromatic heterocycles. The lowest BCUT2D eigenvalue weighted by molar-refractivity contribution is -0.140. The highest BCUT2D eigenvalue weighted by Crippen LogP contribution is 2.21. The van der Waals surface area contributed by atoms with Crippen LogP contribution in [-0.4, -0.2) is 25.5 Å². The molecule has 1 aromatic rings. The number of carboxylic acids is 1. The molecule has 1 aromatic carbocycles. The number of nitrogens with one attached hydrogen (secondary N) is 1.